The maximum absolute atomic E-state index is 14.0. The highest BCUT2D eigenvalue weighted by Gasteiger charge is 2.59. The predicted octanol–water partition coefficient (Wildman–Crippen LogP) is 5.47. The van der Waals surface area contributed by atoms with Crippen molar-refractivity contribution in [3.8, 4) is 5.75 Å². The zero-order valence-electron chi connectivity index (χ0n) is 18.3. The van der Waals surface area contributed by atoms with E-state index >= 15 is 0 Å². The fourth-order valence-electron chi connectivity index (χ4n) is 4.45. The van der Waals surface area contributed by atoms with Crippen LogP contribution in [0, 0.1) is 5.82 Å². The number of thioether (sulfide) groups is 1. The van der Waals surface area contributed by atoms with E-state index in [9.17, 15) is 14.0 Å². The number of benzene rings is 3. The first kappa shape index (κ1) is 22.6. The zero-order chi connectivity index (χ0) is 23.9. The summed E-state index contributed by atoms with van der Waals surface area (Å²) < 4.78 is 19.3. The number of anilines is 2. The molecule has 3 aromatic rings. The molecule has 3 aromatic carbocycles. The number of nitrogens with zero attached hydrogens (tertiary/aromatic N) is 2. The number of hydrogen-bond acceptors (Lipinski definition) is 4. The van der Waals surface area contributed by atoms with E-state index in [-0.39, 0.29) is 18.3 Å². The Morgan fingerprint density at radius 2 is 2.00 bits per heavy atom. The van der Waals surface area contributed by atoms with Crippen LogP contribution >= 0.6 is 23.4 Å². The summed E-state index contributed by atoms with van der Waals surface area (Å²) in [5, 5.41) is 3.36. The summed E-state index contributed by atoms with van der Waals surface area (Å²) in [5.41, 5.74) is 2.55. The molecule has 1 saturated heterocycles. The number of rotatable bonds is 4. The van der Waals surface area contributed by atoms with Crippen molar-refractivity contribution in [2.45, 2.75) is 11.4 Å². The van der Waals surface area contributed by atoms with Gasteiger partial charge >= 0.3 is 6.03 Å². The summed E-state index contributed by atoms with van der Waals surface area (Å²) in [6, 6.07) is 18.0. The quantitative estimate of drug-likeness (QED) is 0.519. The van der Waals surface area contributed by atoms with Crippen molar-refractivity contribution in [2.24, 2.45) is 0 Å². The SMILES string of the molecule is COc1ccc2c(c1)[C@@]1(SCCN1C(=O)Nc1cccc(Cl)c1)C(=O)N2Cc1cccc(F)c1. The van der Waals surface area contributed by atoms with Crippen LogP contribution in [0.2, 0.25) is 5.02 Å². The lowest BCUT2D eigenvalue weighted by molar-refractivity contribution is -0.123. The van der Waals surface area contributed by atoms with Crippen LogP contribution in [0.25, 0.3) is 0 Å². The van der Waals surface area contributed by atoms with Crippen LogP contribution in [0.15, 0.2) is 66.7 Å². The third kappa shape index (κ3) is 3.76. The number of hydrogen-bond donors (Lipinski definition) is 1. The van der Waals surface area contributed by atoms with Crippen molar-refractivity contribution in [3.05, 3.63) is 88.7 Å². The number of carbonyl (C=O) groups is 2. The molecule has 0 saturated carbocycles. The Bertz CT molecular complexity index is 1290. The van der Waals surface area contributed by atoms with Gasteiger partial charge in [-0.25, -0.2) is 9.18 Å². The second-order valence-corrected chi connectivity index (χ2v) is 9.71. The molecule has 0 bridgehead atoms. The number of methoxy groups -OCH3 is 1. The van der Waals surface area contributed by atoms with E-state index in [0.29, 0.717) is 45.6 Å². The smallest absolute Gasteiger partial charge is 0.323 e. The molecule has 0 unspecified atom stereocenters. The Labute approximate surface area is 205 Å². The Morgan fingerprint density at radius 3 is 2.76 bits per heavy atom. The average Bonchev–Trinajstić information content (AvgIpc) is 3.36. The summed E-state index contributed by atoms with van der Waals surface area (Å²) in [6.45, 7) is 0.565. The maximum Gasteiger partial charge on any atom is 0.323 e. The molecule has 34 heavy (non-hydrogen) atoms. The largest absolute Gasteiger partial charge is 0.497 e. The topological polar surface area (TPSA) is 61.9 Å². The van der Waals surface area contributed by atoms with Gasteiger partial charge in [0, 0.05) is 28.6 Å². The van der Waals surface area contributed by atoms with Gasteiger partial charge in [0.2, 0.25) is 0 Å². The van der Waals surface area contributed by atoms with Crippen molar-refractivity contribution in [1.29, 1.82) is 0 Å². The molecule has 1 spiro atoms. The molecule has 0 aliphatic carbocycles. The summed E-state index contributed by atoms with van der Waals surface area (Å²) in [4.78, 5) is 29.4. The molecule has 9 heteroatoms. The van der Waals surface area contributed by atoms with E-state index in [1.807, 2.05) is 6.07 Å². The molecule has 174 valence electrons. The van der Waals surface area contributed by atoms with E-state index in [4.69, 9.17) is 16.3 Å². The average molecular weight is 498 g/mol. The van der Waals surface area contributed by atoms with Crippen LogP contribution in [-0.4, -0.2) is 36.2 Å². The van der Waals surface area contributed by atoms with Gasteiger partial charge in [-0.2, -0.15) is 0 Å². The monoisotopic (exact) mass is 497 g/mol. The number of ether oxygens (including phenoxy) is 1. The lowest BCUT2D eigenvalue weighted by Gasteiger charge is -2.33. The van der Waals surface area contributed by atoms with Crippen molar-refractivity contribution in [1.82, 2.24) is 4.90 Å². The van der Waals surface area contributed by atoms with Crippen molar-refractivity contribution >= 4 is 46.7 Å². The highest BCUT2D eigenvalue weighted by Crippen LogP contribution is 2.55. The first-order chi connectivity index (χ1) is 16.4. The summed E-state index contributed by atoms with van der Waals surface area (Å²) in [7, 11) is 1.56. The van der Waals surface area contributed by atoms with Crippen molar-refractivity contribution < 1.29 is 18.7 Å². The molecule has 0 radical (unpaired) electrons. The summed E-state index contributed by atoms with van der Waals surface area (Å²) in [6.07, 6.45) is 0. The lowest BCUT2D eigenvalue weighted by atomic mass is 10.1. The molecular weight excluding hydrogens is 477 g/mol. The molecule has 5 rings (SSSR count). The minimum Gasteiger partial charge on any atom is -0.497 e. The van der Waals surface area contributed by atoms with E-state index in [1.165, 1.54) is 23.9 Å². The second-order valence-electron chi connectivity index (χ2n) is 7.99. The number of amides is 3. The van der Waals surface area contributed by atoms with E-state index in [0.717, 1.165) is 0 Å². The molecule has 3 amide bonds. The lowest BCUT2D eigenvalue weighted by Crippen LogP contribution is -2.51. The molecule has 2 aliphatic rings. The van der Waals surface area contributed by atoms with Crippen molar-refractivity contribution in [3.63, 3.8) is 0 Å². The van der Waals surface area contributed by atoms with E-state index < -0.39 is 10.9 Å². The molecule has 0 aromatic heterocycles. The van der Waals surface area contributed by atoms with Crippen molar-refractivity contribution in [2.75, 3.05) is 29.6 Å². The van der Waals surface area contributed by atoms with Gasteiger partial charge in [0.25, 0.3) is 5.91 Å². The Hall–Kier alpha value is -3.23. The predicted molar refractivity (Wildman–Crippen MR) is 132 cm³/mol. The maximum atomic E-state index is 14.0. The third-order valence-electron chi connectivity index (χ3n) is 5.95. The van der Waals surface area contributed by atoms with Crippen LogP contribution in [0.4, 0.5) is 20.6 Å². The zero-order valence-corrected chi connectivity index (χ0v) is 19.8. The van der Waals surface area contributed by atoms with Crippen LogP contribution in [-0.2, 0) is 16.2 Å². The first-order valence-electron chi connectivity index (χ1n) is 10.7. The fourth-order valence-corrected chi connectivity index (χ4v) is 6.10. The number of nitrogens with one attached hydrogen (secondary N) is 1. The minimum atomic E-state index is -1.25. The highest BCUT2D eigenvalue weighted by molar-refractivity contribution is 8.01. The number of urea groups is 1. The third-order valence-corrected chi connectivity index (χ3v) is 7.61. The summed E-state index contributed by atoms with van der Waals surface area (Å²) >= 11 is 7.48. The molecule has 2 heterocycles. The van der Waals surface area contributed by atoms with E-state index in [1.54, 1.807) is 65.4 Å². The molecule has 2 aliphatic heterocycles. The van der Waals surface area contributed by atoms with Gasteiger partial charge in [0.15, 0.2) is 4.87 Å². The molecular formula is C25H21ClFN3O3S. The van der Waals surface area contributed by atoms with Gasteiger partial charge in [0.05, 0.1) is 19.3 Å². The number of carbonyl (C=O) groups excluding carboxylic acids is 2. The highest BCUT2D eigenvalue weighted by atomic mass is 35.5. The number of halogens is 2. The fraction of sp³-hybridized carbons (Fsp3) is 0.200. The van der Waals surface area contributed by atoms with Gasteiger partial charge < -0.3 is 15.0 Å². The van der Waals surface area contributed by atoms with Gasteiger partial charge in [0.1, 0.15) is 11.6 Å². The molecule has 6 nitrogen and oxygen atoms in total. The Morgan fingerprint density at radius 1 is 1.18 bits per heavy atom. The molecule has 1 fully saturated rings. The van der Waals surface area contributed by atoms with Crippen LogP contribution in [0.5, 0.6) is 5.75 Å². The van der Waals surface area contributed by atoms with Gasteiger partial charge in [-0.3, -0.25) is 9.69 Å². The first-order valence-corrected chi connectivity index (χ1v) is 12.0. The van der Waals surface area contributed by atoms with Gasteiger partial charge in [-0.05, 0) is 54.1 Å². The standard InChI is InChI=1S/C25H21ClFN3O3S/c1-33-20-8-9-22-21(14-20)25(23(31)29(22)15-16-4-2-6-18(27)12-16)30(10-11-34-25)24(32)28-19-7-3-5-17(26)13-19/h2-9,12-14H,10-11,15H2,1H3,(H,28,32)/t25-/m1/s1. The Balaban J connectivity index is 1.55. The van der Waals surface area contributed by atoms with Crippen LogP contribution in [0.3, 0.4) is 0 Å². The van der Waals surface area contributed by atoms with Gasteiger partial charge in [-0.15, -0.1) is 11.8 Å². The Kier molecular flexibility index (Phi) is 5.87. The molecule has 1 atom stereocenters. The van der Waals surface area contributed by atoms with E-state index in [2.05, 4.69) is 5.32 Å². The minimum absolute atomic E-state index is 0.183. The van der Waals surface area contributed by atoms with Gasteiger partial charge in [-0.1, -0.05) is 29.8 Å². The van der Waals surface area contributed by atoms with Crippen LogP contribution < -0.4 is 15.0 Å². The van der Waals surface area contributed by atoms with Crippen LogP contribution in [0.1, 0.15) is 11.1 Å². The normalized spacial score (nSPS) is 19.0. The number of fused-ring (bicyclic) bond motifs is 2. The summed E-state index contributed by atoms with van der Waals surface area (Å²) in [5.74, 6) is 0.552. The molecule has 1 N–H and O–H groups in total. The second kappa shape index (κ2) is 8.85.